The average Bonchev–Trinajstić information content (AvgIpc) is 3.23. The second-order valence-corrected chi connectivity index (χ2v) is 10.2. The van der Waals surface area contributed by atoms with Crippen LogP contribution in [0.5, 0.6) is 0 Å². The molecule has 0 aromatic heterocycles. The molecule has 5 rings (SSSR count). The zero-order valence-electron chi connectivity index (χ0n) is 17.1. The van der Waals surface area contributed by atoms with Gasteiger partial charge < -0.3 is 14.2 Å². The molecule has 0 aromatic carbocycles. The van der Waals surface area contributed by atoms with Gasteiger partial charge in [-0.05, 0) is 43.9 Å². The summed E-state index contributed by atoms with van der Waals surface area (Å²) in [4.78, 5) is 24.2. The first-order valence-electron chi connectivity index (χ1n) is 10.5. The van der Waals surface area contributed by atoms with Gasteiger partial charge in [0.05, 0.1) is 18.6 Å². The number of esters is 1. The van der Waals surface area contributed by atoms with E-state index >= 15 is 0 Å². The molecule has 3 saturated heterocycles. The molecule has 1 spiro atoms. The van der Waals surface area contributed by atoms with E-state index in [9.17, 15) is 4.79 Å². The Morgan fingerprint density at radius 3 is 2.59 bits per heavy atom. The van der Waals surface area contributed by atoms with E-state index in [0.29, 0.717) is 5.92 Å². The molecule has 0 N–H and O–H groups in total. The third-order valence-corrected chi connectivity index (χ3v) is 8.82. The van der Waals surface area contributed by atoms with Crippen molar-refractivity contribution in [3.05, 3.63) is 0 Å². The molecule has 3 aliphatic heterocycles. The van der Waals surface area contributed by atoms with E-state index in [4.69, 9.17) is 24.0 Å². The number of fused-ring (bicyclic) bond motifs is 4. The van der Waals surface area contributed by atoms with Crippen LogP contribution in [0.15, 0.2) is 0 Å². The van der Waals surface area contributed by atoms with Gasteiger partial charge in [-0.2, -0.15) is 9.78 Å². The molecule has 3 heterocycles. The number of rotatable bonds is 2. The standard InChI is InChI=1S/C21H32O6/c1-12(2)20-10-7-13-18(3)8-6-9-19(4,16(22)23-5)14(18)11-15-21(13,24-15)17(25-20)26-27-20/h12-15,17H,6-11H2,1-5H3/t13-,14-,15-,17?,18-,19-,20-,21+/m1/s1. The van der Waals surface area contributed by atoms with Crippen LogP contribution in [0.1, 0.15) is 66.2 Å². The highest BCUT2D eigenvalue weighted by atomic mass is 17.3. The summed E-state index contributed by atoms with van der Waals surface area (Å²) in [7, 11) is 1.51. The maximum Gasteiger partial charge on any atom is 0.311 e. The molecule has 5 fully saturated rings. The lowest BCUT2D eigenvalue weighted by Gasteiger charge is -2.57. The van der Waals surface area contributed by atoms with Crippen LogP contribution in [-0.4, -0.2) is 36.9 Å². The highest BCUT2D eigenvalue weighted by molar-refractivity contribution is 5.77. The lowest BCUT2D eigenvalue weighted by molar-refractivity contribution is -0.356. The molecular formula is C21H32O6. The summed E-state index contributed by atoms with van der Waals surface area (Å²) in [5.74, 6) is -0.000864. The molecule has 27 heavy (non-hydrogen) atoms. The fourth-order valence-corrected chi connectivity index (χ4v) is 7.22. The molecule has 6 nitrogen and oxygen atoms in total. The highest BCUT2D eigenvalue weighted by Gasteiger charge is 2.80. The van der Waals surface area contributed by atoms with Gasteiger partial charge in [0.2, 0.25) is 12.1 Å². The zero-order chi connectivity index (χ0) is 19.2. The van der Waals surface area contributed by atoms with E-state index in [-0.39, 0.29) is 29.3 Å². The molecule has 152 valence electrons. The van der Waals surface area contributed by atoms with E-state index in [1.807, 2.05) is 0 Å². The van der Waals surface area contributed by atoms with Crippen LogP contribution in [0.25, 0.3) is 0 Å². The van der Waals surface area contributed by atoms with Gasteiger partial charge in [-0.3, -0.25) is 4.79 Å². The number of carbonyl (C=O) groups is 1. The zero-order valence-corrected chi connectivity index (χ0v) is 17.1. The van der Waals surface area contributed by atoms with Gasteiger partial charge >= 0.3 is 5.97 Å². The van der Waals surface area contributed by atoms with Gasteiger partial charge in [-0.15, -0.1) is 0 Å². The van der Waals surface area contributed by atoms with E-state index < -0.39 is 23.1 Å². The average molecular weight is 380 g/mol. The second-order valence-electron chi connectivity index (χ2n) is 10.2. The van der Waals surface area contributed by atoms with E-state index in [2.05, 4.69) is 27.7 Å². The van der Waals surface area contributed by atoms with Crippen molar-refractivity contribution in [3.63, 3.8) is 0 Å². The summed E-state index contributed by atoms with van der Waals surface area (Å²) >= 11 is 0. The third kappa shape index (κ3) is 2.08. The summed E-state index contributed by atoms with van der Waals surface area (Å²) in [5, 5.41) is 0. The maximum absolute atomic E-state index is 12.8. The fourth-order valence-electron chi connectivity index (χ4n) is 7.22. The summed E-state index contributed by atoms with van der Waals surface area (Å²) in [6.45, 7) is 8.70. The Hall–Kier alpha value is -0.690. The SMILES string of the molecule is COC(=O)[C@]1(C)CCC[C@]2(C)[C@H]3CC[C@]4(C(C)C)OOC(O4)[C@]34O[C@@H]4C[C@H]21. The van der Waals surface area contributed by atoms with Crippen molar-refractivity contribution in [2.24, 2.45) is 28.6 Å². The number of hydrogen-bond acceptors (Lipinski definition) is 6. The molecule has 0 radical (unpaired) electrons. The molecule has 2 saturated carbocycles. The Labute approximate surface area is 161 Å². The van der Waals surface area contributed by atoms with Crippen molar-refractivity contribution in [3.8, 4) is 0 Å². The minimum atomic E-state index is -0.681. The van der Waals surface area contributed by atoms with Gasteiger partial charge in [0.1, 0.15) is 0 Å². The topological polar surface area (TPSA) is 66.5 Å². The Bertz CT molecular complexity index is 665. The van der Waals surface area contributed by atoms with E-state index in [0.717, 1.165) is 38.5 Å². The van der Waals surface area contributed by atoms with E-state index in [1.54, 1.807) is 0 Å². The number of methoxy groups -OCH3 is 1. The summed E-state index contributed by atoms with van der Waals surface area (Å²) in [6, 6.07) is 0. The van der Waals surface area contributed by atoms with Crippen LogP contribution < -0.4 is 0 Å². The first-order valence-corrected chi connectivity index (χ1v) is 10.5. The van der Waals surface area contributed by atoms with E-state index in [1.165, 1.54) is 7.11 Å². The molecular weight excluding hydrogens is 348 g/mol. The van der Waals surface area contributed by atoms with Crippen LogP contribution in [-0.2, 0) is 28.8 Å². The van der Waals surface area contributed by atoms with Crippen LogP contribution >= 0.6 is 0 Å². The lowest BCUT2D eigenvalue weighted by Crippen LogP contribution is -2.60. The molecule has 0 aromatic rings. The van der Waals surface area contributed by atoms with Crippen molar-refractivity contribution < 1.29 is 28.8 Å². The third-order valence-electron chi connectivity index (χ3n) is 8.82. The summed E-state index contributed by atoms with van der Waals surface area (Å²) in [6.07, 6.45) is 5.25. The van der Waals surface area contributed by atoms with Crippen molar-refractivity contribution in [2.45, 2.75) is 90.0 Å². The summed E-state index contributed by atoms with van der Waals surface area (Å²) < 4.78 is 18.0. The molecule has 5 aliphatic rings. The van der Waals surface area contributed by atoms with Crippen molar-refractivity contribution >= 4 is 5.97 Å². The quantitative estimate of drug-likeness (QED) is 0.414. The molecule has 2 bridgehead atoms. The summed E-state index contributed by atoms with van der Waals surface area (Å²) in [5.41, 5.74) is -0.866. The molecule has 8 atom stereocenters. The predicted octanol–water partition coefficient (Wildman–Crippen LogP) is 3.58. The largest absolute Gasteiger partial charge is 0.469 e. The van der Waals surface area contributed by atoms with Crippen molar-refractivity contribution in [1.29, 1.82) is 0 Å². The van der Waals surface area contributed by atoms with Crippen molar-refractivity contribution in [2.75, 3.05) is 7.11 Å². The molecule has 1 unspecified atom stereocenters. The van der Waals surface area contributed by atoms with Gasteiger partial charge in [0, 0.05) is 18.3 Å². The smallest absolute Gasteiger partial charge is 0.311 e. The minimum absolute atomic E-state index is 0.00353. The predicted molar refractivity (Wildman–Crippen MR) is 95.1 cm³/mol. The number of epoxide rings is 1. The first-order chi connectivity index (χ1) is 12.7. The molecule has 6 heteroatoms. The Morgan fingerprint density at radius 1 is 1.11 bits per heavy atom. The lowest BCUT2D eigenvalue weighted by atomic mass is 9.45. The second kappa shape index (κ2) is 5.47. The molecule has 2 aliphatic carbocycles. The van der Waals surface area contributed by atoms with Crippen LogP contribution in [0, 0.1) is 28.6 Å². The van der Waals surface area contributed by atoms with Crippen LogP contribution in [0.3, 0.4) is 0 Å². The Balaban J connectivity index is 1.55. The number of carbonyl (C=O) groups excluding carboxylic acids is 1. The van der Waals surface area contributed by atoms with Crippen LogP contribution in [0.4, 0.5) is 0 Å². The Kier molecular flexibility index (Phi) is 3.71. The van der Waals surface area contributed by atoms with Gasteiger partial charge in [-0.25, -0.2) is 0 Å². The minimum Gasteiger partial charge on any atom is -0.469 e. The molecule has 0 amide bonds. The van der Waals surface area contributed by atoms with Gasteiger partial charge in [0.15, 0.2) is 5.60 Å². The monoisotopic (exact) mass is 380 g/mol. The van der Waals surface area contributed by atoms with Gasteiger partial charge in [0.25, 0.3) is 0 Å². The Morgan fingerprint density at radius 2 is 1.89 bits per heavy atom. The highest BCUT2D eigenvalue weighted by Crippen LogP contribution is 2.72. The fraction of sp³-hybridized carbons (Fsp3) is 0.952. The number of ether oxygens (including phenoxy) is 3. The van der Waals surface area contributed by atoms with Gasteiger partial charge in [-0.1, -0.05) is 27.2 Å². The normalized spacial score (nSPS) is 55.9. The number of hydrogen-bond donors (Lipinski definition) is 0. The maximum atomic E-state index is 12.8. The first kappa shape index (κ1) is 18.3. The van der Waals surface area contributed by atoms with Crippen molar-refractivity contribution in [1.82, 2.24) is 0 Å². The van der Waals surface area contributed by atoms with Crippen LogP contribution in [0.2, 0.25) is 0 Å².